The Morgan fingerprint density at radius 1 is 0.360 bits per heavy atom. The highest BCUT2D eigenvalue weighted by Gasteiger charge is 2.19. The minimum Gasteiger partial charge on any atom is -0.455 e. The Kier molecular flexibility index (Phi) is 5.60. The van der Waals surface area contributed by atoms with Crippen molar-refractivity contribution < 1.29 is 8.83 Å². The van der Waals surface area contributed by atoms with Crippen LogP contribution in [-0.4, -0.2) is 0 Å². The van der Waals surface area contributed by atoms with Crippen molar-refractivity contribution in [2.45, 2.75) is 0 Å². The van der Waals surface area contributed by atoms with Crippen LogP contribution in [0.3, 0.4) is 0 Å². The van der Waals surface area contributed by atoms with Gasteiger partial charge in [0.25, 0.3) is 0 Å². The molecule has 0 saturated heterocycles. The molecule has 0 aliphatic heterocycles. The molecule has 0 radical (unpaired) electrons. The van der Waals surface area contributed by atoms with Crippen molar-refractivity contribution in [1.82, 2.24) is 0 Å². The molecule has 2 nitrogen and oxygen atoms in total. The first-order valence-corrected chi connectivity index (χ1v) is 19.8. The highest BCUT2D eigenvalue weighted by molar-refractivity contribution is 7.29. The maximum absolute atomic E-state index is 6.61. The van der Waals surface area contributed by atoms with E-state index in [0.717, 1.165) is 65.8 Å². The van der Waals surface area contributed by atoms with Gasteiger partial charge in [-0.25, -0.2) is 0 Å². The third-order valence-electron chi connectivity index (χ3n) is 10.1. The predicted molar refractivity (Wildman–Crippen MR) is 219 cm³/mol. The van der Waals surface area contributed by atoms with Gasteiger partial charge in [-0.15, -0.1) is 45.3 Å². The molecule has 234 valence electrons. The molecule has 0 amide bonds. The highest BCUT2D eigenvalue weighted by atomic mass is 32.1. The van der Waals surface area contributed by atoms with Crippen molar-refractivity contribution in [2.75, 3.05) is 0 Å². The smallest absolute Gasteiger partial charge is 0.143 e. The zero-order chi connectivity index (χ0) is 32.5. The van der Waals surface area contributed by atoms with Crippen molar-refractivity contribution in [3.63, 3.8) is 0 Å². The molecule has 12 rings (SSSR count). The third-order valence-corrected chi connectivity index (χ3v) is 14.4. The minimum atomic E-state index is 0.903. The Hall–Kier alpha value is -5.24. The van der Waals surface area contributed by atoms with Gasteiger partial charge in [0.15, 0.2) is 0 Å². The molecule has 6 aromatic carbocycles. The van der Waals surface area contributed by atoms with Crippen LogP contribution in [0.2, 0.25) is 0 Å². The Labute approximate surface area is 300 Å². The van der Waals surface area contributed by atoms with Crippen LogP contribution in [0.5, 0.6) is 0 Å². The van der Waals surface area contributed by atoms with Crippen LogP contribution >= 0.6 is 45.3 Å². The van der Waals surface area contributed by atoms with Crippen molar-refractivity contribution in [3.8, 4) is 32.0 Å². The SMILES string of the molecule is c1ccc2c(c1)c(-c1cc3sccc3s1)cc1c3cc(-c4ccc5oc6c7ccccc7c(-c7cc8sccc8s7)cc6c5c4)ccc3oc21. The lowest BCUT2D eigenvalue weighted by atomic mass is 9.96. The Morgan fingerprint density at radius 2 is 0.820 bits per heavy atom. The topological polar surface area (TPSA) is 26.3 Å². The zero-order valence-corrected chi connectivity index (χ0v) is 29.4. The van der Waals surface area contributed by atoms with E-state index in [1.807, 2.05) is 22.7 Å². The summed E-state index contributed by atoms with van der Waals surface area (Å²) in [4.78, 5) is 2.59. The lowest BCUT2D eigenvalue weighted by Gasteiger charge is -2.07. The quantitative estimate of drug-likeness (QED) is 0.182. The molecule has 0 atom stereocenters. The fourth-order valence-corrected chi connectivity index (χ4v) is 12.0. The number of fused-ring (bicyclic) bond motifs is 12. The molecule has 6 aromatic heterocycles. The highest BCUT2D eigenvalue weighted by Crippen LogP contribution is 2.46. The zero-order valence-electron chi connectivity index (χ0n) is 26.2. The van der Waals surface area contributed by atoms with E-state index in [-0.39, 0.29) is 0 Å². The standard InChI is InChI=1S/C44H22O2S4/c1-3-7-27-25(5-1)31(39-21-41-37(49-39)13-15-47-41)19-33-29-17-23(9-11-35(29)45-43(27)33)24-10-12-36-30(18-24)34-20-32(40-22-42-38(50-40)14-16-48-42)26-6-2-4-8-28(26)44(34)46-36/h1-22H. The minimum absolute atomic E-state index is 0.903. The second-order valence-corrected chi connectivity index (χ2v) is 16.9. The summed E-state index contributed by atoms with van der Waals surface area (Å²) in [5.41, 5.74) is 8.52. The number of hydrogen-bond donors (Lipinski definition) is 0. The van der Waals surface area contributed by atoms with Gasteiger partial charge in [0.05, 0.1) is 0 Å². The lowest BCUT2D eigenvalue weighted by molar-refractivity contribution is 0.672. The molecular weight excluding hydrogens is 689 g/mol. The molecule has 0 unspecified atom stereocenters. The van der Waals surface area contributed by atoms with Crippen LogP contribution in [0.15, 0.2) is 141 Å². The summed E-state index contributed by atoms with van der Waals surface area (Å²) < 4.78 is 18.6. The number of furan rings is 2. The molecule has 0 spiro atoms. The monoisotopic (exact) mass is 710 g/mol. The summed E-state index contributed by atoms with van der Waals surface area (Å²) in [7, 11) is 0. The molecule has 6 heteroatoms. The van der Waals surface area contributed by atoms with Crippen LogP contribution < -0.4 is 0 Å². The van der Waals surface area contributed by atoms with Crippen molar-refractivity contribution in [3.05, 3.63) is 132 Å². The number of rotatable bonds is 3. The van der Waals surface area contributed by atoms with E-state index in [9.17, 15) is 0 Å². The summed E-state index contributed by atoms with van der Waals surface area (Å²) in [6, 6.07) is 44.3. The molecule has 12 aromatic rings. The number of hydrogen-bond acceptors (Lipinski definition) is 6. The molecule has 0 aliphatic carbocycles. The van der Waals surface area contributed by atoms with E-state index in [1.165, 1.54) is 50.5 Å². The van der Waals surface area contributed by atoms with Gasteiger partial charge in [-0.05, 0) is 93.3 Å². The van der Waals surface area contributed by atoms with E-state index >= 15 is 0 Å². The summed E-state index contributed by atoms with van der Waals surface area (Å²) in [5, 5.41) is 13.6. The maximum Gasteiger partial charge on any atom is 0.143 e. The van der Waals surface area contributed by atoms with Gasteiger partial charge < -0.3 is 8.83 Å². The van der Waals surface area contributed by atoms with Gasteiger partial charge in [0, 0.05) is 72.0 Å². The molecule has 50 heavy (non-hydrogen) atoms. The van der Waals surface area contributed by atoms with E-state index < -0.39 is 0 Å². The average Bonchev–Trinajstić information content (AvgIpc) is 4.00. The van der Waals surface area contributed by atoms with Crippen LogP contribution in [0.1, 0.15) is 0 Å². The fraction of sp³-hybridized carbons (Fsp3) is 0. The molecule has 0 bridgehead atoms. The maximum atomic E-state index is 6.61. The molecule has 0 saturated carbocycles. The van der Waals surface area contributed by atoms with Gasteiger partial charge in [-0.3, -0.25) is 0 Å². The molecule has 0 N–H and O–H groups in total. The first-order chi connectivity index (χ1) is 24.7. The number of thiophene rings is 4. The van der Waals surface area contributed by atoms with Crippen molar-refractivity contribution in [2.24, 2.45) is 0 Å². The molecular formula is C44H22O2S4. The first kappa shape index (κ1) is 27.6. The summed E-state index contributed by atoms with van der Waals surface area (Å²) in [5.74, 6) is 0. The van der Waals surface area contributed by atoms with Gasteiger partial charge in [0.1, 0.15) is 22.3 Å². The first-order valence-electron chi connectivity index (χ1n) is 16.4. The number of benzene rings is 6. The van der Waals surface area contributed by atoms with Crippen molar-refractivity contribution in [1.29, 1.82) is 0 Å². The van der Waals surface area contributed by atoms with Gasteiger partial charge >= 0.3 is 0 Å². The van der Waals surface area contributed by atoms with E-state index in [1.54, 1.807) is 22.7 Å². The Bertz CT molecular complexity index is 3060. The van der Waals surface area contributed by atoms with Crippen LogP contribution in [-0.2, 0) is 0 Å². The van der Waals surface area contributed by atoms with Gasteiger partial charge in [0.2, 0.25) is 0 Å². The normalized spacial score (nSPS) is 12.4. The van der Waals surface area contributed by atoms with Gasteiger partial charge in [-0.2, -0.15) is 0 Å². The van der Waals surface area contributed by atoms with Crippen LogP contribution in [0.4, 0.5) is 0 Å². The second-order valence-electron chi connectivity index (χ2n) is 12.8. The predicted octanol–water partition coefficient (Wildman–Crippen LogP) is 15.3. The van der Waals surface area contributed by atoms with Gasteiger partial charge in [-0.1, -0.05) is 60.7 Å². The fourth-order valence-electron chi connectivity index (χ4n) is 7.76. The lowest BCUT2D eigenvalue weighted by Crippen LogP contribution is -1.81. The van der Waals surface area contributed by atoms with Crippen LogP contribution in [0.25, 0.3) is 116 Å². The summed E-state index contributed by atoms with van der Waals surface area (Å²) >= 11 is 7.34. The Balaban J connectivity index is 1.07. The Morgan fingerprint density at radius 3 is 1.28 bits per heavy atom. The third kappa shape index (κ3) is 3.87. The second kappa shape index (κ2) is 10.2. The molecule has 0 fully saturated rings. The summed E-state index contributed by atoms with van der Waals surface area (Å²) in [6.45, 7) is 0. The van der Waals surface area contributed by atoms with E-state index in [4.69, 9.17) is 8.83 Å². The largest absolute Gasteiger partial charge is 0.455 e. The van der Waals surface area contributed by atoms with E-state index in [0.29, 0.717) is 0 Å². The van der Waals surface area contributed by atoms with Crippen LogP contribution in [0, 0.1) is 0 Å². The van der Waals surface area contributed by atoms with E-state index in [2.05, 4.69) is 132 Å². The van der Waals surface area contributed by atoms with Crippen molar-refractivity contribution >= 4 is 130 Å². The average molecular weight is 711 g/mol. The molecule has 6 heterocycles. The molecule has 0 aliphatic rings. The summed E-state index contributed by atoms with van der Waals surface area (Å²) in [6.07, 6.45) is 0.